The Balaban J connectivity index is 1.86. The second-order valence-electron chi connectivity index (χ2n) is 7.02. The topological polar surface area (TPSA) is 91.3 Å². The third-order valence-corrected chi connectivity index (χ3v) is 4.62. The van der Waals surface area contributed by atoms with Crippen molar-refractivity contribution in [3.05, 3.63) is 59.8 Å². The van der Waals surface area contributed by atoms with Gasteiger partial charge in [0.2, 0.25) is 5.91 Å². The first-order valence-electron chi connectivity index (χ1n) is 9.45. The Morgan fingerprint density at radius 2 is 2.04 bits per heavy atom. The minimum atomic E-state index is 0.0546. The molecule has 5 nitrogen and oxygen atoms in total. The Kier molecular flexibility index (Phi) is 8.31. The van der Waals surface area contributed by atoms with Gasteiger partial charge in [-0.1, -0.05) is 31.2 Å². The molecule has 0 aromatic heterocycles. The lowest BCUT2D eigenvalue weighted by Crippen LogP contribution is -2.35. The maximum Gasteiger partial charge on any atom is 0.220 e. The monoisotopic (exact) mass is 364 g/mol. The second kappa shape index (κ2) is 11.0. The summed E-state index contributed by atoms with van der Waals surface area (Å²) < 4.78 is 0. The molecule has 2 unspecified atom stereocenters. The quantitative estimate of drug-likeness (QED) is 0.572. The van der Waals surface area contributed by atoms with Crippen molar-refractivity contribution in [3.63, 3.8) is 0 Å². The van der Waals surface area contributed by atoms with Gasteiger partial charge in [0.25, 0.3) is 0 Å². The van der Waals surface area contributed by atoms with Gasteiger partial charge in [-0.15, -0.1) is 0 Å². The van der Waals surface area contributed by atoms with Gasteiger partial charge in [0.05, 0.1) is 18.2 Å². The Hall–Kier alpha value is -2.87. The van der Waals surface area contributed by atoms with Crippen LogP contribution in [0, 0.1) is 17.2 Å². The average molecular weight is 364 g/mol. The Morgan fingerprint density at radius 1 is 1.30 bits per heavy atom. The third-order valence-electron chi connectivity index (χ3n) is 4.62. The summed E-state index contributed by atoms with van der Waals surface area (Å²) in [4.78, 5) is 16.9. The summed E-state index contributed by atoms with van der Waals surface area (Å²) in [6, 6.07) is 9.65. The number of allylic oxidation sites excluding steroid dienone is 2. The largest absolute Gasteiger partial charge is 0.405 e. The van der Waals surface area contributed by atoms with E-state index < -0.39 is 0 Å². The number of nitrogens with one attached hydrogen (secondary N) is 1. The molecular formula is C22H28N4O. The molecule has 27 heavy (non-hydrogen) atoms. The van der Waals surface area contributed by atoms with E-state index in [9.17, 15) is 4.79 Å². The van der Waals surface area contributed by atoms with Gasteiger partial charge in [-0.05, 0) is 61.6 Å². The fourth-order valence-corrected chi connectivity index (χ4v) is 3.13. The summed E-state index contributed by atoms with van der Waals surface area (Å²) in [5.41, 5.74) is 7.96. The average Bonchev–Trinajstić information content (AvgIpc) is 2.88. The van der Waals surface area contributed by atoms with Crippen molar-refractivity contribution in [1.29, 1.82) is 5.26 Å². The van der Waals surface area contributed by atoms with Crippen molar-refractivity contribution in [2.24, 2.45) is 16.6 Å². The number of nitriles is 1. The van der Waals surface area contributed by atoms with Crippen molar-refractivity contribution in [2.75, 3.05) is 0 Å². The molecule has 0 heterocycles. The molecule has 2 atom stereocenters. The van der Waals surface area contributed by atoms with Crippen LogP contribution in [0.4, 0.5) is 0 Å². The number of aliphatic imine (C=N–C) groups is 1. The normalized spacial score (nSPS) is 20.2. The highest BCUT2D eigenvalue weighted by Crippen LogP contribution is 2.18. The van der Waals surface area contributed by atoms with E-state index in [1.54, 1.807) is 18.2 Å². The molecule has 0 saturated heterocycles. The SMILES string of the molecule is CC1CC=CCC(NC(=O)CCC(/C=C\N)=NCc2ccc(C#N)cc2)C1. The molecule has 0 aliphatic heterocycles. The van der Waals surface area contributed by atoms with Crippen LogP contribution in [0.5, 0.6) is 0 Å². The minimum Gasteiger partial charge on any atom is -0.405 e. The van der Waals surface area contributed by atoms with Crippen LogP contribution in [-0.4, -0.2) is 17.7 Å². The number of carbonyl (C=O) groups is 1. The molecule has 1 aliphatic carbocycles. The van der Waals surface area contributed by atoms with E-state index in [-0.39, 0.29) is 11.9 Å². The van der Waals surface area contributed by atoms with Crippen LogP contribution >= 0.6 is 0 Å². The fraction of sp³-hybridized carbons (Fsp3) is 0.409. The molecule has 3 N–H and O–H groups in total. The molecule has 1 aliphatic rings. The van der Waals surface area contributed by atoms with Crippen LogP contribution in [0.2, 0.25) is 0 Å². The molecule has 1 amide bonds. The first kappa shape index (κ1) is 20.4. The highest BCUT2D eigenvalue weighted by atomic mass is 16.1. The van der Waals surface area contributed by atoms with E-state index in [4.69, 9.17) is 11.0 Å². The zero-order chi connectivity index (χ0) is 19.5. The zero-order valence-corrected chi connectivity index (χ0v) is 15.9. The predicted molar refractivity (Wildman–Crippen MR) is 109 cm³/mol. The number of nitrogens with two attached hydrogens (primary N) is 1. The summed E-state index contributed by atoms with van der Waals surface area (Å²) >= 11 is 0. The Bertz CT molecular complexity index is 741. The molecule has 0 radical (unpaired) electrons. The van der Waals surface area contributed by atoms with Crippen LogP contribution < -0.4 is 11.1 Å². The fourth-order valence-electron chi connectivity index (χ4n) is 3.13. The summed E-state index contributed by atoms with van der Waals surface area (Å²) in [6.07, 6.45) is 11.5. The predicted octanol–water partition coefficient (Wildman–Crippen LogP) is 3.61. The van der Waals surface area contributed by atoms with E-state index in [2.05, 4.69) is 35.5 Å². The lowest BCUT2D eigenvalue weighted by Gasteiger charge is -2.18. The van der Waals surface area contributed by atoms with Gasteiger partial charge in [-0.2, -0.15) is 5.26 Å². The molecule has 0 fully saturated rings. The smallest absolute Gasteiger partial charge is 0.220 e. The van der Waals surface area contributed by atoms with Crippen LogP contribution in [0.15, 0.2) is 53.7 Å². The van der Waals surface area contributed by atoms with Crippen molar-refractivity contribution < 1.29 is 4.79 Å². The van der Waals surface area contributed by atoms with Crippen molar-refractivity contribution in [1.82, 2.24) is 5.32 Å². The van der Waals surface area contributed by atoms with Crippen LogP contribution in [0.1, 0.15) is 50.2 Å². The minimum absolute atomic E-state index is 0.0546. The van der Waals surface area contributed by atoms with E-state index >= 15 is 0 Å². The van der Waals surface area contributed by atoms with Gasteiger partial charge in [-0.3, -0.25) is 9.79 Å². The highest BCUT2D eigenvalue weighted by molar-refractivity contribution is 5.97. The summed E-state index contributed by atoms with van der Waals surface area (Å²) in [5.74, 6) is 0.651. The van der Waals surface area contributed by atoms with Gasteiger partial charge in [0, 0.05) is 18.2 Å². The standard InChI is InChI=1S/C22H28N4O/c1-17-4-2-3-5-21(14-17)26-22(27)11-10-20(12-13-23)25-16-19-8-6-18(15-24)7-9-19/h2-3,6-9,12-13,17,21H,4-5,10-11,14,16,23H2,1H3,(H,26,27)/b13-12-,25-20?. The van der Waals surface area contributed by atoms with E-state index in [1.807, 2.05) is 12.1 Å². The highest BCUT2D eigenvalue weighted by Gasteiger charge is 2.16. The number of amides is 1. The van der Waals surface area contributed by atoms with Gasteiger partial charge in [-0.25, -0.2) is 0 Å². The maximum atomic E-state index is 12.3. The number of hydrogen-bond acceptors (Lipinski definition) is 4. The van der Waals surface area contributed by atoms with Gasteiger partial charge in [0.15, 0.2) is 0 Å². The summed E-state index contributed by atoms with van der Waals surface area (Å²) in [7, 11) is 0. The first-order chi connectivity index (χ1) is 13.1. The summed E-state index contributed by atoms with van der Waals surface area (Å²) in [6.45, 7) is 2.71. The zero-order valence-electron chi connectivity index (χ0n) is 15.9. The van der Waals surface area contributed by atoms with Crippen molar-refractivity contribution in [2.45, 2.75) is 51.6 Å². The summed E-state index contributed by atoms with van der Waals surface area (Å²) in [5, 5.41) is 12.0. The molecule has 5 heteroatoms. The van der Waals surface area contributed by atoms with E-state index in [0.717, 1.165) is 30.5 Å². The van der Waals surface area contributed by atoms with E-state index in [0.29, 0.717) is 30.9 Å². The van der Waals surface area contributed by atoms with Gasteiger partial charge >= 0.3 is 0 Å². The van der Waals surface area contributed by atoms with Gasteiger partial charge < -0.3 is 11.1 Å². The lowest BCUT2D eigenvalue weighted by molar-refractivity contribution is -0.121. The molecular weight excluding hydrogens is 336 g/mol. The van der Waals surface area contributed by atoms with Crippen LogP contribution in [-0.2, 0) is 11.3 Å². The number of benzene rings is 1. The van der Waals surface area contributed by atoms with Crippen molar-refractivity contribution >= 4 is 11.6 Å². The van der Waals surface area contributed by atoms with Crippen molar-refractivity contribution in [3.8, 4) is 6.07 Å². The van der Waals surface area contributed by atoms with Crippen LogP contribution in [0.3, 0.4) is 0 Å². The molecule has 0 spiro atoms. The number of carbonyl (C=O) groups excluding carboxylic acids is 1. The molecule has 1 aromatic carbocycles. The third kappa shape index (κ3) is 7.49. The number of rotatable bonds is 7. The second-order valence-corrected chi connectivity index (χ2v) is 7.02. The Morgan fingerprint density at radius 3 is 2.74 bits per heavy atom. The molecule has 1 aromatic rings. The lowest BCUT2D eigenvalue weighted by atomic mass is 10.00. The van der Waals surface area contributed by atoms with Crippen LogP contribution in [0.25, 0.3) is 0 Å². The Labute approximate surface area is 161 Å². The molecule has 0 saturated carbocycles. The number of hydrogen-bond donors (Lipinski definition) is 2. The molecule has 142 valence electrons. The first-order valence-corrected chi connectivity index (χ1v) is 9.45. The molecule has 0 bridgehead atoms. The number of nitrogens with zero attached hydrogens (tertiary/aromatic N) is 2. The van der Waals surface area contributed by atoms with Gasteiger partial charge in [0.1, 0.15) is 0 Å². The maximum absolute atomic E-state index is 12.3. The van der Waals surface area contributed by atoms with E-state index in [1.165, 1.54) is 6.20 Å². The molecule has 2 rings (SSSR count).